The third-order valence-corrected chi connectivity index (χ3v) is 5.42. The van der Waals surface area contributed by atoms with Gasteiger partial charge in [-0.1, -0.05) is 6.07 Å². The molecular formula is C20H27N5O3. The summed E-state index contributed by atoms with van der Waals surface area (Å²) in [7, 11) is 7.04. The van der Waals surface area contributed by atoms with Crippen molar-refractivity contribution in [3.63, 3.8) is 0 Å². The molecule has 1 fully saturated rings. The number of aromatic nitrogens is 2. The molecule has 1 amide bonds. The van der Waals surface area contributed by atoms with E-state index in [0.717, 1.165) is 10.3 Å². The van der Waals surface area contributed by atoms with Crippen LogP contribution in [0.4, 0.5) is 11.4 Å². The lowest BCUT2D eigenvalue weighted by Gasteiger charge is -2.36. The van der Waals surface area contributed by atoms with Crippen molar-refractivity contribution < 1.29 is 4.79 Å². The molecule has 28 heavy (non-hydrogen) atoms. The number of benzene rings is 1. The molecule has 0 radical (unpaired) electrons. The summed E-state index contributed by atoms with van der Waals surface area (Å²) < 4.78 is 2.62. The summed E-state index contributed by atoms with van der Waals surface area (Å²) >= 11 is 0. The van der Waals surface area contributed by atoms with Crippen molar-refractivity contribution in [3.8, 4) is 0 Å². The second kappa shape index (κ2) is 7.53. The fourth-order valence-electron chi connectivity index (χ4n) is 3.52. The van der Waals surface area contributed by atoms with Gasteiger partial charge in [0.05, 0.1) is 0 Å². The first-order valence-corrected chi connectivity index (χ1v) is 9.30. The van der Waals surface area contributed by atoms with Gasteiger partial charge in [-0.2, -0.15) is 0 Å². The largest absolute Gasteiger partial charge is 0.378 e. The van der Waals surface area contributed by atoms with E-state index >= 15 is 0 Å². The highest BCUT2D eigenvalue weighted by atomic mass is 16.2. The van der Waals surface area contributed by atoms with Crippen LogP contribution >= 0.6 is 0 Å². The number of anilines is 2. The van der Waals surface area contributed by atoms with Crippen LogP contribution in [0.1, 0.15) is 16.1 Å². The lowest BCUT2D eigenvalue weighted by molar-refractivity contribution is 0.0746. The van der Waals surface area contributed by atoms with Crippen LogP contribution in [-0.4, -0.2) is 60.2 Å². The van der Waals surface area contributed by atoms with Gasteiger partial charge in [-0.3, -0.25) is 18.7 Å². The lowest BCUT2D eigenvalue weighted by atomic mass is 10.1. The Bertz CT molecular complexity index is 1010. The van der Waals surface area contributed by atoms with Gasteiger partial charge >= 0.3 is 5.69 Å². The van der Waals surface area contributed by atoms with Crippen molar-refractivity contribution >= 4 is 17.3 Å². The Hall–Kier alpha value is -3.03. The number of carbonyl (C=O) groups excluding carboxylic acids is 1. The number of nitrogens with zero attached hydrogens (tertiary/aromatic N) is 5. The van der Waals surface area contributed by atoms with Crippen LogP contribution in [0.5, 0.6) is 0 Å². The minimum absolute atomic E-state index is 0.00608. The summed E-state index contributed by atoms with van der Waals surface area (Å²) in [6.45, 7) is 3.93. The van der Waals surface area contributed by atoms with Crippen LogP contribution in [0.2, 0.25) is 0 Å². The van der Waals surface area contributed by atoms with E-state index in [1.165, 1.54) is 11.6 Å². The average molecular weight is 385 g/mol. The lowest BCUT2D eigenvalue weighted by Crippen LogP contribution is -2.52. The first kappa shape index (κ1) is 19.7. The summed E-state index contributed by atoms with van der Waals surface area (Å²) in [4.78, 5) is 43.3. The quantitative estimate of drug-likeness (QED) is 0.766. The van der Waals surface area contributed by atoms with Crippen LogP contribution in [0, 0.1) is 6.92 Å². The van der Waals surface area contributed by atoms with Crippen LogP contribution in [-0.2, 0) is 14.1 Å². The molecule has 1 aliphatic heterocycles. The molecule has 150 valence electrons. The van der Waals surface area contributed by atoms with Gasteiger partial charge in [0.15, 0.2) is 0 Å². The molecule has 1 aromatic heterocycles. The van der Waals surface area contributed by atoms with E-state index in [1.54, 1.807) is 14.0 Å². The first-order valence-electron chi connectivity index (χ1n) is 9.30. The number of amides is 1. The molecule has 0 spiro atoms. The standard InChI is InChI=1S/C20H27N5O3/c1-14-17(19(27)23(5)20(28)22(14)4)24-9-11-25(12-10-24)18(26)15-7-6-8-16(13-15)21(2)3/h6-8,13H,9-12H2,1-5H3. The third-order valence-electron chi connectivity index (χ3n) is 5.42. The molecule has 0 saturated carbocycles. The minimum atomic E-state index is -0.333. The molecule has 1 aliphatic rings. The maximum Gasteiger partial charge on any atom is 0.330 e. The molecule has 1 saturated heterocycles. The van der Waals surface area contributed by atoms with E-state index in [-0.39, 0.29) is 17.2 Å². The Morgan fingerprint density at radius 3 is 2.25 bits per heavy atom. The zero-order valence-electron chi connectivity index (χ0n) is 17.1. The Balaban J connectivity index is 1.79. The van der Waals surface area contributed by atoms with Gasteiger partial charge in [0.2, 0.25) is 0 Å². The zero-order chi connectivity index (χ0) is 20.6. The molecule has 1 aromatic carbocycles. The molecule has 2 heterocycles. The van der Waals surface area contributed by atoms with Gasteiger partial charge in [-0.05, 0) is 25.1 Å². The Morgan fingerprint density at radius 2 is 1.64 bits per heavy atom. The fourth-order valence-corrected chi connectivity index (χ4v) is 3.52. The second-order valence-electron chi connectivity index (χ2n) is 7.36. The molecule has 2 aromatic rings. The zero-order valence-corrected chi connectivity index (χ0v) is 17.1. The van der Waals surface area contributed by atoms with Crippen molar-refractivity contribution in [2.24, 2.45) is 14.1 Å². The molecule has 0 unspecified atom stereocenters. The molecular weight excluding hydrogens is 358 g/mol. The van der Waals surface area contributed by atoms with Crippen molar-refractivity contribution in [1.29, 1.82) is 0 Å². The van der Waals surface area contributed by atoms with Gasteiger partial charge in [-0.15, -0.1) is 0 Å². The SMILES string of the molecule is Cc1c(N2CCN(C(=O)c3cccc(N(C)C)c3)CC2)c(=O)n(C)c(=O)n1C. The van der Waals surface area contributed by atoms with Gasteiger partial charge in [0.1, 0.15) is 5.69 Å². The van der Waals surface area contributed by atoms with Crippen molar-refractivity contribution in [1.82, 2.24) is 14.0 Å². The van der Waals surface area contributed by atoms with Crippen LogP contribution in [0.3, 0.4) is 0 Å². The van der Waals surface area contributed by atoms with Gasteiger partial charge in [-0.25, -0.2) is 4.79 Å². The van der Waals surface area contributed by atoms with Gasteiger partial charge in [0.25, 0.3) is 11.5 Å². The van der Waals surface area contributed by atoms with E-state index in [4.69, 9.17) is 0 Å². The van der Waals surface area contributed by atoms with E-state index in [0.29, 0.717) is 43.1 Å². The normalized spacial score (nSPS) is 14.3. The molecule has 8 nitrogen and oxygen atoms in total. The van der Waals surface area contributed by atoms with Crippen molar-refractivity contribution in [3.05, 3.63) is 56.4 Å². The summed E-state index contributed by atoms with van der Waals surface area (Å²) in [6.07, 6.45) is 0. The maximum atomic E-state index is 12.9. The predicted molar refractivity (Wildman–Crippen MR) is 111 cm³/mol. The molecule has 3 rings (SSSR count). The highest BCUT2D eigenvalue weighted by molar-refractivity contribution is 5.95. The van der Waals surface area contributed by atoms with Crippen LogP contribution in [0.15, 0.2) is 33.9 Å². The number of hydrogen-bond donors (Lipinski definition) is 0. The fraction of sp³-hybridized carbons (Fsp3) is 0.450. The Kier molecular flexibility index (Phi) is 5.31. The van der Waals surface area contributed by atoms with E-state index in [1.807, 2.05) is 53.1 Å². The van der Waals surface area contributed by atoms with Crippen molar-refractivity contribution in [2.45, 2.75) is 6.92 Å². The molecule has 0 aliphatic carbocycles. The monoisotopic (exact) mass is 385 g/mol. The molecule has 8 heteroatoms. The number of rotatable bonds is 3. The molecule has 0 N–H and O–H groups in total. The summed E-state index contributed by atoms with van der Waals surface area (Å²) in [6, 6.07) is 7.57. The highest BCUT2D eigenvalue weighted by Gasteiger charge is 2.26. The maximum absolute atomic E-state index is 12.9. The topological polar surface area (TPSA) is 70.8 Å². The number of hydrogen-bond acceptors (Lipinski definition) is 5. The first-order chi connectivity index (χ1) is 13.2. The van der Waals surface area contributed by atoms with Crippen molar-refractivity contribution in [2.75, 3.05) is 50.1 Å². The molecule has 0 bridgehead atoms. The number of carbonyl (C=O) groups is 1. The summed E-state index contributed by atoms with van der Waals surface area (Å²) in [5.74, 6) is -0.00608. The number of piperazine rings is 1. The van der Waals surface area contributed by atoms with Crippen LogP contribution in [0.25, 0.3) is 0 Å². The van der Waals surface area contributed by atoms with E-state index in [9.17, 15) is 14.4 Å². The Labute approximate surface area is 164 Å². The summed E-state index contributed by atoms with van der Waals surface area (Å²) in [5.41, 5.74) is 2.19. The average Bonchev–Trinajstić information content (AvgIpc) is 2.71. The van der Waals surface area contributed by atoms with Gasteiger partial charge < -0.3 is 14.7 Å². The summed E-state index contributed by atoms with van der Waals surface area (Å²) in [5, 5.41) is 0. The minimum Gasteiger partial charge on any atom is -0.378 e. The highest BCUT2D eigenvalue weighted by Crippen LogP contribution is 2.19. The van der Waals surface area contributed by atoms with Crippen LogP contribution < -0.4 is 21.0 Å². The molecule has 0 atom stereocenters. The predicted octanol–water partition coefficient (Wildman–Crippen LogP) is 0.421. The van der Waals surface area contributed by atoms with E-state index < -0.39 is 0 Å². The Morgan fingerprint density at radius 1 is 1.00 bits per heavy atom. The third kappa shape index (κ3) is 3.42. The smallest absolute Gasteiger partial charge is 0.330 e. The van der Waals surface area contributed by atoms with Gasteiger partial charge in [0, 0.05) is 71.3 Å². The second-order valence-corrected chi connectivity index (χ2v) is 7.36. The van der Waals surface area contributed by atoms with E-state index in [2.05, 4.69) is 0 Å².